The van der Waals surface area contributed by atoms with Crippen molar-refractivity contribution in [3.8, 4) is 11.3 Å². The lowest BCUT2D eigenvalue weighted by Crippen LogP contribution is -1.94. The van der Waals surface area contributed by atoms with E-state index in [9.17, 15) is 0 Å². The molecular weight excluding hydrogens is 248 g/mol. The van der Waals surface area contributed by atoms with Gasteiger partial charge in [-0.1, -0.05) is 24.3 Å². The SMILES string of the molecule is C=C(Cl)c1nc(C)c(-c2c[nH]c(N)c2)n1/C=C\C. The fraction of sp³-hybridized carbons (Fsp3) is 0.154. The molecule has 0 unspecified atom stereocenters. The first kappa shape index (κ1) is 12.5. The van der Waals surface area contributed by atoms with Crippen LogP contribution in [-0.2, 0) is 0 Å². The second kappa shape index (κ2) is 4.74. The van der Waals surface area contributed by atoms with E-state index in [1.807, 2.05) is 43.0 Å². The number of H-pyrrole nitrogens is 1. The quantitative estimate of drug-likeness (QED) is 0.890. The van der Waals surface area contributed by atoms with Crippen LogP contribution in [0.2, 0.25) is 0 Å². The topological polar surface area (TPSA) is 59.6 Å². The van der Waals surface area contributed by atoms with Gasteiger partial charge in [-0.05, 0) is 19.9 Å². The highest BCUT2D eigenvalue weighted by molar-refractivity contribution is 6.47. The third-order valence-electron chi connectivity index (χ3n) is 2.60. The van der Waals surface area contributed by atoms with Gasteiger partial charge in [-0.2, -0.15) is 0 Å². The van der Waals surface area contributed by atoms with Crippen LogP contribution < -0.4 is 5.73 Å². The first-order chi connectivity index (χ1) is 8.54. The molecule has 0 fully saturated rings. The number of hydrogen-bond acceptors (Lipinski definition) is 2. The largest absolute Gasteiger partial charge is 0.385 e. The molecule has 18 heavy (non-hydrogen) atoms. The molecule has 0 aliphatic carbocycles. The van der Waals surface area contributed by atoms with Gasteiger partial charge in [0.1, 0.15) is 5.82 Å². The highest BCUT2D eigenvalue weighted by Crippen LogP contribution is 2.29. The predicted octanol–water partition coefficient (Wildman–Crippen LogP) is 3.47. The lowest BCUT2D eigenvalue weighted by atomic mass is 10.2. The molecule has 0 amide bonds. The van der Waals surface area contributed by atoms with Gasteiger partial charge < -0.3 is 10.7 Å². The molecule has 2 aromatic heterocycles. The summed E-state index contributed by atoms with van der Waals surface area (Å²) in [5.74, 6) is 1.26. The normalized spacial score (nSPS) is 11.3. The molecule has 5 heteroatoms. The van der Waals surface area contributed by atoms with Crippen molar-refractivity contribution in [2.24, 2.45) is 0 Å². The Bertz CT molecular complexity index is 619. The van der Waals surface area contributed by atoms with Crippen LogP contribution in [0.4, 0.5) is 5.82 Å². The van der Waals surface area contributed by atoms with E-state index in [0.717, 1.165) is 17.0 Å². The summed E-state index contributed by atoms with van der Waals surface area (Å²) in [6, 6.07) is 1.87. The lowest BCUT2D eigenvalue weighted by molar-refractivity contribution is 1.10. The highest BCUT2D eigenvalue weighted by atomic mass is 35.5. The molecule has 0 radical (unpaired) electrons. The zero-order chi connectivity index (χ0) is 13.3. The molecule has 3 N–H and O–H groups in total. The van der Waals surface area contributed by atoms with Gasteiger partial charge in [0.25, 0.3) is 0 Å². The highest BCUT2D eigenvalue weighted by Gasteiger charge is 2.16. The molecule has 2 rings (SSSR count). The molecule has 0 spiro atoms. The summed E-state index contributed by atoms with van der Waals surface area (Å²) in [6.07, 6.45) is 5.67. The number of aromatic nitrogens is 3. The van der Waals surface area contributed by atoms with Crippen LogP contribution in [0.3, 0.4) is 0 Å². The van der Waals surface area contributed by atoms with E-state index in [1.54, 1.807) is 0 Å². The van der Waals surface area contributed by atoms with Crippen LogP contribution >= 0.6 is 11.6 Å². The summed E-state index contributed by atoms with van der Waals surface area (Å²) in [7, 11) is 0. The second-order valence-corrected chi connectivity index (χ2v) is 4.43. The minimum Gasteiger partial charge on any atom is -0.385 e. The predicted molar refractivity (Wildman–Crippen MR) is 77.1 cm³/mol. The fourth-order valence-corrected chi connectivity index (χ4v) is 2.06. The van der Waals surface area contributed by atoms with E-state index < -0.39 is 0 Å². The van der Waals surface area contributed by atoms with Crippen molar-refractivity contribution < 1.29 is 0 Å². The molecule has 2 heterocycles. The van der Waals surface area contributed by atoms with E-state index in [4.69, 9.17) is 17.3 Å². The van der Waals surface area contributed by atoms with Crippen LogP contribution in [0.5, 0.6) is 0 Å². The molecule has 0 saturated carbocycles. The van der Waals surface area contributed by atoms with Gasteiger partial charge in [0.15, 0.2) is 5.82 Å². The van der Waals surface area contributed by atoms with Crippen LogP contribution in [0, 0.1) is 6.92 Å². The van der Waals surface area contributed by atoms with Gasteiger partial charge in [-0.25, -0.2) is 4.98 Å². The molecule has 4 nitrogen and oxygen atoms in total. The Labute approximate surface area is 111 Å². The van der Waals surface area contributed by atoms with Gasteiger partial charge in [-0.3, -0.25) is 4.57 Å². The Hall–Kier alpha value is -1.94. The van der Waals surface area contributed by atoms with Crippen molar-refractivity contribution in [2.45, 2.75) is 13.8 Å². The van der Waals surface area contributed by atoms with E-state index >= 15 is 0 Å². The molecule has 0 atom stereocenters. The lowest BCUT2D eigenvalue weighted by Gasteiger charge is -2.05. The van der Waals surface area contributed by atoms with Gasteiger partial charge in [0.2, 0.25) is 0 Å². The number of rotatable bonds is 3. The van der Waals surface area contributed by atoms with Crippen LogP contribution in [0.1, 0.15) is 18.4 Å². The van der Waals surface area contributed by atoms with Crippen molar-refractivity contribution in [1.29, 1.82) is 0 Å². The molecular formula is C13H15ClN4. The van der Waals surface area contributed by atoms with Crippen molar-refractivity contribution >= 4 is 28.7 Å². The van der Waals surface area contributed by atoms with E-state index in [1.165, 1.54) is 0 Å². The third-order valence-corrected chi connectivity index (χ3v) is 2.77. The van der Waals surface area contributed by atoms with Crippen LogP contribution in [0.25, 0.3) is 22.5 Å². The number of nitrogen functional groups attached to an aromatic ring is 1. The Morgan fingerprint density at radius 3 is 2.83 bits per heavy atom. The summed E-state index contributed by atoms with van der Waals surface area (Å²) in [5, 5.41) is 0.408. The first-order valence-electron chi connectivity index (χ1n) is 5.55. The van der Waals surface area contributed by atoms with Gasteiger partial charge in [0.05, 0.1) is 16.4 Å². The monoisotopic (exact) mass is 262 g/mol. The van der Waals surface area contributed by atoms with Crippen LogP contribution in [-0.4, -0.2) is 14.5 Å². The number of anilines is 1. The van der Waals surface area contributed by atoms with Crippen LogP contribution in [0.15, 0.2) is 24.9 Å². The van der Waals surface area contributed by atoms with Crippen molar-refractivity contribution in [3.05, 3.63) is 36.4 Å². The Morgan fingerprint density at radius 1 is 1.61 bits per heavy atom. The summed E-state index contributed by atoms with van der Waals surface area (Å²) < 4.78 is 1.91. The zero-order valence-electron chi connectivity index (χ0n) is 10.4. The van der Waals surface area contributed by atoms with Gasteiger partial charge in [-0.15, -0.1) is 0 Å². The number of allylic oxidation sites excluding steroid dienone is 1. The summed E-state index contributed by atoms with van der Waals surface area (Å²) in [5.41, 5.74) is 8.52. The van der Waals surface area contributed by atoms with Crippen molar-refractivity contribution in [3.63, 3.8) is 0 Å². The van der Waals surface area contributed by atoms with Gasteiger partial charge in [0, 0.05) is 18.0 Å². The molecule has 0 aliphatic heterocycles. The molecule has 94 valence electrons. The smallest absolute Gasteiger partial charge is 0.155 e. The van der Waals surface area contributed by atoms with E-state index in [-0.39, 0.29) is 0 Å². The number of aryl methyl sites for hydroxylation is 1. The van der Waals surface area contributed by atoms with E-state index in [0.29, 0.717) is 16.7 Å². The molecule has 0 aromatic carbocycles. The summed E-state index contributed by atoms with van der Waals surface area (Å²) in [4.78, 5) is 7.40. The number of nitrogens with one attached hydrogen (secondary N) is 1. The maximum atomic E-state index is 5.98. The first-order valence-corrected chi connectivity index (χ1v) is 5.93. The van der Waals surface area contributed by atoms with Crippen molar-refractivity contribution in [1.82, 2.24) is 14.5 Å². The Kier molecular flexibility index (Phi) is 3.30. The molecule has 0 aliphatic rings. The average Bonchev–Trinajstić information content (AvgIpc) is 2.84. The number of hydrogen-bond donors (Lipinski definition) is 2. The summed E-state index contributed by atoms with van der Waals surface area (Å²) in [6.45, 7) is 7.61. The number of nitrogens with zero attached hydrogens (tertiary/aromatic N) is 2. The Balaban J connectivity index is 2.69. The second-order valence-electron chi connectivity index (χ2n) is 3.97. The molecule has 0 bridgehead atoms. The molecule has 2 aromatic rings. The summed E-state index contributed by atoms with van der Waals surface area (Å²) >= 11 is 5.98. The minimum atomic E-state index is 0.408. The Morgan fingerprint density at radius 2 is 2.33 bits per heavy atom. The number of halogens is 1. The van der Waals surface area contributed by atoms with Gasteiger partial charge >= 0.3 is 0 Å². The minimum absolute atomic E-state index is 0.408. The molecule has 0 saturated heterocycles. The maximum Gasteiger partial charge on any atom is 0.155 e. The standard InChI is InChI=1S/C13H15ClN4/c1-4-5-18-12(10-6-11(15)16-7-10)9(3)17-13(18)8(2)14/h4-7,16H,2,15H2,1,3H3/b5-4-. The average molecular weight is 263 g/mol. The zero-order valence-corrected chi connectivity index (χ0v) is 11.1. The maximum absolute atomic E-state index is 5.98. The number of nitrogens with two attached hydrogens (primary N) is 1. The van der Waals surface area contributed by atoms with E-state index in [2.05, 4.69) is 16.5 Å². The van der Waals surface area contributed by atoms with Crippen molar-refractivity contribution in [2.75, 3.05) is 5.73 Å². The fourth-order valence-electron chi connectivity index (χ4n) is 1.93. The number of aromatic amines is 1. The third kappa shape index (κ3) is 2.07. The number of imidazole rings is 1.